The van der Waals surface area contributed by atoms with Gasteiger partial charge in [-0.15, -0.1) is 0 Å². The lowest BCUT2D eigenvalue weighted by Gasteiger charge is -2.35. The molecule has 2 heterocycles. The first-order valence-electron chi connectivity index (χ1n) is 14.0. The van der Waals surface area contributed by atoms with Crippen molar-refractivity contribution in [1.29, 1.82) is 0 Å². The van der Waals surface area contributed by atoms with Crippen LogP contribution >= 0.6 is 0 Å². The molecular formula is C32H36F2N4O4. The molecule has 5 rings (SSSR count). The predicted octanol–water partition coefficient (Wildman–Crippen LogP) is 6.25. The van der Waals surface area contributed by atoms with Crippen molar-refractivity contribution in [3.05, 3.63) is 82.9 Å². The molecule has 1 unspecified atom stereocenters. The van der Waals surface area contributed by atoms with Crippen molar-refractivity contribution in [1.82, 2.24) is 5.32 Å². The Balaban J connectivity index is 1.63. The first kappa shape index (κ1) is 29.5. The average Bonchev–Trinajstić information content (AvgIpc) is 3.27. The number of benzene rings is 3. The molecule has 0 aromatic heterocycles. The molecule has 1 fully saturated rings. The number of aliphatic hydroxyl groups is 1. The minimum absolute atomic E-state index is 0.162. The van der Waals surface area contributed by atoms with E-state index in [2.05, 4.69) is 20.9 Å². The van der Waals surface area contributed by atoms with E-state index in [1.807, 2.05) is 32.9 Å². The highest BCUT2D eigenvalue weighted by Gasteiger charge is 2.49. The standard InChI is InChI=1S/C32H36F2N4O4/c1-31(2,3)28(39)21-11-10-20(29(40)42-4)26-27(21)38(18-32(26)13-15-35-16-14-32)25-8-6-5-7-24(25)37-30(41)36-23-12-9-19(33)17-22(23)34/h5-12,17,28,35,39H,13-16,18H2,1-4H3,(H2,36,37,41). The van der Waals surface area contributed by atoms with Crippen LogP contribution in [0.15, 0.2) is 54.6 Å². The van der Waals surface area contributed by atoms with E-state index in [4.69, 9.17) is 4.74 Å². The number of nitrogens with one attached hydrogen (secondary N) is 3. The summed E-state index contributed by atoms with van der Waals surface area (Å²) in [5, 5.41) is 20.2. The number of nitrogens with zero attached hydrogens (tertiary/aromatic N) is 1. The maximum absolute atomic E-state index is 14.2. The average molecular weight is 579 g/mol. The Bertz CT molecular complexity index is 1510. The Hall–Kier alpha value is -4.02. The van der Waals surface area contributed by atoms with Crippen LogP contribution in [0.4, 0.5) is 36.3 Å². The number of anilines is 4. The van der Waals surface area contributed by atoms with E-state index in [1.165, 1.54) is 7.11 Å². The van der Waals surface area contributed by atoms with E-state index in [0.717, 1.165) is 49.3 Å². The summed E-state index contributed by atoms with van der Waals surface area (Å²) in [6.45, 7) is 7.87. The number of hydrogen-bond acceptors (Lipinski definition) is 6. The third-order valence-electron chi connectivity index (χ3n) is 8.17. The minimum atomic E-state index is -0.893. The van der Waals surface area contributed by atoms with Gasteiger partial charge >= 0.3 is 12.0 Å². The van der Waals surface area contributed by atoms with Crippen molar-refractivity contribution >= 4 is 34.7 Å². The Morgan fingerprint density at radius 1 is 1.02 bits per heavy atom. The van der Waals surface area contributed by atoms with Crippen LogP contribution in [0, 0.1) is 17.0 Å². The third kappa shape index (κ3) is 5.44. The summed E-state index contributed by atoms with van der Waals surface area (Å²) in [5.41, 5.74) is 2.69. The highest BCUT2D eigenvalue weighted by Crippen LogP contribution is 2.55. The van der Waals surface area contributed by atoms with E-state index in [0.29, 0.717) is 35.1 Å². The highest BCUT2D eigenvalue weighted by molar-refractivity contribution is 6.03. The molecule has 42 heavy (non-hydrogen) atoms. The van der Waals surface area contributed by atoms with E-state index < -0.39 is 40.6 Å². The second-order valence-corrected chi connectivity index (χ2v) is 12.0. The molecular weight excluding hydrogens is 542 g/mol. The Kier molecular flexibility index (Phi) is 7.96. The quantitative estimate of drug-likeness (QED) is 0.267. The number of amides is 2. The summed E-state index contributed by atoms with van der Waals surface area (Å²) in [7, 11) is 1.36. The molecule has 2 amide bonds. The number of aliphatic hydroxyl groups excluding tert-OH is 1. The van der Waals surface area contributed by atoms with Crippen LogP contribution in [-0.4, -0.2) is 43.9 Å². The summed E-state index contributed by atoms with van der Waals surface area (Å²) in [6.07, 6.45) is 0.660. The summed E-state index contributed by atoms with van der Waals surface area (Å²) < 4.78 is 32.8. The van der Waals surface area contributed by atoms with Gasteiger partial charge in [-0.2, -0.15) is 0 Å². The molecule has 1 saturated heterocycles. The number of piperidine rings is 1. The lowest BCUT2D eigenvalue weighted by molar-refractivity contribution is 0.0592. The molecule has 2 aliphatic heterocycles. The molecule has 0 aliphatic carbocycles. The molecule has 1 atom stereocenters. The maximum Gasteiger partial charge on any atom is 0.338 e. The predicted molar refractivity (Wildman–Crippen MR) is 158 cm³/mol. The third-order valence-corrected chi connectivity index (χ3v) is 8.17. The number of methoxy groups -OCH3 is 1. The number of urea groups is 1. The van der Waals surface area contributed by atoms with Crippen LogP contribution in [-0.2, 0) is 10.2 Å². The van der Waals surface area contributed by atoms with Gasteiger partial charge in [-0.1, -0.05) is 39.0 Å². The summed E-state index contributed by atoms with van der Waals surface area (Å²) in [4.78, 5) is 28.2. The fraction of sp³-hybridized carbons (Fsp3) is 0.375. The molecule has 0 radical (unpaired) electrons. The number of para-hydroxylation sites is 2. The zero-order valence-corrected chi connectivity index (χ0v) is 24.2. The van der Waals surface area contributed by atoms with Crippen molar-refractivity contribution < 1.29 is 28.2 Å². The molecule has 0 saturated carbocycles. The van der Waals surface area contributed by atoms with Gasteiger partial charge in [0.2, 0.25) is 0 Å². The van der Waals surface area contributed by atoms with Gasteiger partial charge in [0.25, 0.3) is 0 Å². The number of carbonyl (C=O) groups excluding carboxylic acids is 2. The monoisotopic (exact) mass is 578 g/mol. The summed E-state index contributed by atoms with van der Waals surface area (Å²) in [5.74, 6) is -2.09. The lowest BCUT2D eigenvalue weighted by Crippen LogP contribution is -2.43. The molecule has 10 heteroatoms. The van der Waals surface area contributed by atoms with Gasteiger partial charge in [0.15, 0.2) is 0 Å². The number of rotatable bonds is 5. The van der Waals surface area contributed by atoms with Crippen LogP contribution in [0.25, 0.3) is 0 Å². The molecule has 3 aromatic carbocycles. The summed E-state index contributed by atoms with van der Waals surface area (Å²) >= 11 is 0. The van der Waals surface area contributed by atoms with Crippen LogP contribution in [0.1, 0.15) is 61.2 Å². The van der Waals surface area contributed by atoms with Crippen molar-refractivity contribution in [3.63, 3.8) is 0 Å². The van der Waals surface area contributed by atoms with Gasteiger partial charge in [-0.05, 0) is 67.2 Å². The number of halogens is 2. The van der Waals surface area contributed by atoms with Crippen molar-refractivity contribution in [2.24, 2.45) is 5.41 Å². The van der Waals surface area contributed by atoms with Gasteiger partial charge in [0.05, 0.1) is 41.5 Å². The topological polar surface area (TPSA) is 103 Å². The Labute approximate surface area is 244 Å². The number of fused-ring (bicyclic) bond motifs is 2. The van der Waals surface area contributed by atoms with Crippen molar-refractivity contribution in [2.45, 2.75) is 45.1 Å². The van der Waals surface area contributed by atoms with Gasteiger partial charge in [-0.25, -0.2) is 18.4 Å². The fourth-order valence-corrected chi connectivity index (χ4v) is 6.06. The maximum atomic E-state index is 14.2. The van der Waals surface area contributed by atoms with E-state index >= 15 is 0 Å². The van der Waals surface area contributed by atoms with Gasteiger partial charge in [0, 0.05) is 23.6 Å². The molecule has 1 spiro atoms. The smallest absolute Gasteiger partial charge is 0.338 e. The van der Waals surface area contributed by atoms with Gasteiger partial charge < -0.3 is 30.7 Å². The normalized spacial score (nSPS) is 16.6. The van der Waals surface area contributed by atoms with Gasteiger partial charge in [0.1, 0.15) is 11.6 Å². The van der Waals surface area contributed by atoms with E-state index in [1.54, 1.807) is 24.3 Å². The zero-order valence-electron chi connectivity index (χ0n) is 24.2. The minimum Gasteiger partial charge on any atom is -0.465 e. The van der Waals surface area contributed by atoms with E-state index in [-0.39, 0.29) is 5.69 Å². The first-order chi connectivity index (χ1) is 19.9. The number of esters is 1. The largest absolute Gasteiger partial charge is 0.465 e. The molecule has 3 aromatic rings. The second kappa shape index (κ2) is 11.3. The van der Waals surface area contributed by atoms with Crippen LogP contribution in [0.5, 0.6) is 0 Å². The number of ether oxygens (including phenoxy) is 1. The fourth-order valence-electron chi connectivity index (χ4n) is 6.06. The van der Waals surface area contributed by atoms with E-state index in [9.17, 15) is 23.5 Å². The van der Waals surface area contributed by atoms with Crippen LogP contribution in [0.2, 0.25) is 0 Å². The zero-order chi connectivity index (χ0) is 30.2. The Morgan fingerprint density at radius 2 is 1.71 bits per heavy atom. The van der Waals surface area contributed by atoms with Crippen LogP contribution < -0.4 is 20.9 Å². The van der Waals surface area contributed by atoms with Crippen molar-refractivity contribution in [2.75, 3.05) is 42.3 Å². The summed E-state index contributed by atoms with van der Waals surface area (Å²) in [6, 6.07) is 12.9. The molecule has 0 bridgehead atoms. The number of carbonyl (C=O) groups is 2. The molecule has 222 valence electrons. The van der Waals surface area contributed by atoms with Crippen molar-refractivity contribution in [3.8, 4) is 0 Å². The molecule has 4 N–H and O–H groups in total. The first-order valence-corrected chi connectivity index (χ1v) is 14.0. The SMILES string of the molecule is COC(=O)c1ccc(C(O)C(C)(C)C)c2c1C1(CCNCC1)CN2c1ccccc1NC(=O)Nc1ccc(F)cc1F. The molecule has 2 aliphatic rings. The second-order valence-electron chi connectivity index (χ2n) is 12.0. The molecule has 8 nitrogen and oxygen atoms in total. The van der Waals surface area contributed by atoms with Gasteiger partial charge in [-0.3, -0.25) is 0 Å². The number of hydrogen-bond donors (Lipinski definition) is 4. The highest BCUT2D eigenvalue weighted by atomic mass is 19.1. The lowest BCUT2D eigenvalue weighted by atomic mass is 9.72. The Morgan fingerprint density at radius 3 is 2.38 bits per heavy atom. The van der Waals surface area contributed by atoms with Crippen LogP contribution in [0.3, 0.4) is 0 Å².